The largest absolute Gasteiger partial charge is 0.379 e. The molecule has 0 aliphatic carbocycles. The van der Waals surface area contributed by atoms with Crippen LogP contribution in [0.15, 0.2) is 30.3 Å². The van der Waals surface area contributed by atoms with E-state index in [4.69, 9.17) is 4.74 Å². The lowest BCUT2D eigenvalue weighted by molar-refractivity contribution is 0.0115. The number of para-hydroxylation sites is 1. The van der Waals surface area contributed by atoms with Crippen molar-refractivity contribution < 1.29 is 4.74 Å². The summed E-state index contributed by atoms with van der Waals surface area (Å²) in [6, 6.07) is 11.6. The zero-order chi connectivity index (χ0) is 12.2. The van der Waals surface area contributed by atoms with Crippen LogP contribution >= 0.6 is 0 Å². The molecule has 1 aromatic rings. The summed E-state index contributed by atoms with van der Waals surface area (Å²) in [6.45, 7) is 6.45. The molecule has 2 fully saturated rings. The van der Waals surface area contributed by atoms with Crippen LogP contribution in [0, 0.1) is 0 Å². The van der Waals surface area contributed by atoms with Crippen molar-refractivity contribution >= 4 is 5.69 Å². The number of hydrogen-bond acceptors (Lipinski definition) is 3. The molecule has 0 unspecified atom stereocenters. The third kappa shape index (κ3) is 2.68. The average Bonchev–Trinajstić information content (AvgIpc) is 2.49. The van der Waals surface area contributed by atoms with Gasteiger partial charge in [-0.3, -0.25) is 4.90 Å². The number of anilines is 1. The molecule has 2 heterocycles. The van der Waals surface area contributed by atoms with Crippen LogP contribution < -0.4 is 4.90 Å². The molecule has 0 amide bonds. The molecule has 0 saturated carbocycles. The first-order valence-corrected chi connectivity index (χ1v) is 7.05. The van der Waals surface area contributed by atoms with Crippen molar-refractivity contribution in [3.8, 4) is 0 Å². The zero-order valence-corrected chi connectivity index (χ0v) is 10.9. The van der Waals surface area contributed by atoms with E-state index in [1.165, 1.54) is 31.6 Å². The van der Waals surface area contributed by atoms with Gasteiger partial charge in [0.1, 0.15) is 0 Å². The fourth-order valence-electron chi connectivity index (χ4n) is 3.07. The highest BCUT2D eigenvalue weighted by atomic mass is 16.5. The Morgan fingerprint density at radius 2 is 1.56 bits per heavy atom. The van der Waals surface area contributed by atoms with Crippen molar-refractivity contribution in [2.24, 2.45) is 0 Å². The van der Waals surface area contributed by atoms with Crippen LogP contribution in [0.25, 0.3) is 0 Å². The van der Waals surface area contributed by atoms with Gasteiger partial charge in [0.05, 0.1) is 13.2 Å². The number of piperidine rings is 1. The quantitative estimate of drug-likeness (QED) is 0.793. The molecule has 3 rings (SSSR count). The Balaban J connectivity index is 1.54. The van der Waals surface area contributed by atoms with Crippen LogP contribution in [0.2, 0.25) is 0 Å². The molecular formula is C15H22N2O. The Bertz CT molecular complexity index is 354. The summed E-state index contributed by atoms with van der Waals surface area (Å²) in [6.07, 6.45) is 2.57. The summed E-state index contributed by atoms with van der Waals surface area (Å²) >= 11 is 0. The number of morpholine rings is 1. The predicted molar refractivity (Wildman–Crippen MR) is 74.1 cm³/mol. The van der Waals surface area contributed by atoms with Gasteiger partial charge in [-0.15, -0.1) is 0 Å². The van der Waals surface area contributed by atoms with Crippen molar-refractivity contribution in [3.05, 3.63) is 30.3 Å². The molecule has 2 aliphatic heterocycles. The van der Waals surface area contributed by atoms with Gasteiger partial charge in [-0.2, -0.15) is 0 Å². The average molecular weight is 246 g/mol. The molecule has 0 spiro atoms. The highest BCUT2D eigenvalue weighted by Crippen LogP contribution is 2.22. The summed E-state index contributed by atoms with van der Waals surface area (Å²) in [4.78, 5) is 5.13. The number of benzene rings is 1. The second kappa shape index (κ2) is 5.72. The highest BCUT2D eigenvalue weighted by Gasteiger charge is 2.25. The third-order valence-corrected chi connectivity index (χ3v) is 4.15. The maximum Gasteiger partial charge on any atom is 0.0594 e. The Hall–Kier alpha value is -1.06. The zero-order valence-electron chi connectivity index (χ0n) is 10.9. The van der Waals surface area contributed by atoms with E-state index in [2.05, 4.69) is 40.1 Å². The Kier molecular flexibility index (Phi) is 3.81. The second-order valence-electron chi connectivity index (χ2n) is 5.20. The van der Waals surface area contributed by atoms with E-state index < -0.39 is 0 Å². The monoisotopic (exact) mass is 246 g/mol. The Morgan fingerprint density at radius 3 is 2.22 bits per heavy atom. The van der Waals surface area contributed by atoms with Crippen molar-refractivity contribution in [1.29, 1.82) is 0 Å². The van der Waals surface area contributed by atoms with Crippen molar-refractivity contribution in [2.45, 2.75) is 18.9 Å². The van der Waals surface area contributed by atoms with E-state index in [0.717, 1.165) is 32.3 Å². The second-order valence-corrected chi connectivity index (χ2v) is 5.20. The van der Waals surface area contributed by atoms with E-state index in [0.29, 0.717) is 0 Å². The molecular weight excluding hydrogens is 224 g/mol. The van der Waals surface area contributed by atoms with Crippen LogP contribution in [-0.2, 0) is 4.74 Å². The molecule has 98 valence electrons. The number of nitrogens with zero attached hydrogens (tertiary/aromatic N) is 2. The summed E-state index contributed by atoms with van der Waals surface area (Å²) in [5, 5.41) is 0. The molecule has 3 nitrogen and oxygen atoms in total. The van der Waals surface area contributed by atoms with Gasteiger partial charge in [0.15, 0.2) is 0 Å². The first-order valence-electron chi connectivity index (χ1n) is 7.05. The van der Waals surface area contributed by atoms with Crippen molar-refractivity contribution in [3.63, 3.8) is 0 Å². The number of hydrogen-bond donors (Lipinski definition) is 0. The molecule has 2 saturated heterocycles. The Labute approximate surface area is 109 Å². The minimum absolute atomic E-state index is 0.772. The van der Waals surface area contributed by atoms with Crippen LogP contribution in [0.1, 0.15) is 12.8 Å². The van der Waals surface area contributed by atoms with E-state index in [1.807, 2.05) is 0 Å². The molecule has 0 bridgehead atoms. The minimum atomic E-state index is 0.772. The number of ether oxygens (including phenoxy) is 1. The molecule has 0 atom stereocenters. The smallest absolute Gasteiger partial charge is 0.0594 e. The maximum atomic E-state index is 5.43. The fraction of sp³-hybridized carbons (Fsp3) is 0.600. The fourth-order valence-corrected chi connectivity index (χ4v) is 3.07. The lowest BCUT2D eigenvalue weighted by atomic mass is 10.0. The molecule has 18 heavy (non-hydrogen) atoms. The van der Waals surface area contributed by atoms with Gasteiger partial charge < -0.3 is 9.64 Å². The van der Waals surface area contributed by atoms with E-state index in [-0.39, 0.29) is 0 Å². The summed E-state index contributed by atoms with van der Waals surface area (Å²) in [5.41, 5.74) is 1.37. The predicted octanol–water partition coefficient (Wildman–Crippen LogP) is 1.99. The van der Waals surface area contributed by atoms with Crippen LogP contribution in [0.5, 0.6) is 0 Å². The lowest BCUT2D eigenvalue weighted by Crippen LogP contribution is -2.49. The van der Waals surface area contributed by atoms with Gasteiger partial charge in [0.25, 0.3) is 0 Å². The highest BCUT2D eigenvalue weighted by molar-refractivity contribution is 5.46. The molecule has 0 aromatic heterocycles. The van der Waals surface area contributed by atoms with Crippen LogP contribution in [0.3, 0.4) is 0 Å². The normalized spacial score (nSPS) is 23.2. The van der Waals surface area contributed by atoms with Crippen LogP contribution in [-0.4, -0.2) is 50.3 Å². The van der Waals surface area contributed by atoms with E-state index in [1.54, 1.807) is 0 Å². The van der Waals surface area contributed by atoms with Gasteiger partial charge in [-0.1, -0.05) is 18.2 Å². The summed E-state index contributed by atoms with van der Waals surface area (Å²) in [5.74, 6) is 0. The number of rotatable bonds is 2. The molecule has 0 radical (unpaired) electrons. The van der Waals surface area contributed by atoms with Crippen molar-refractivity contribution in [1.82, 2.24) is 4.90 Å². The van der Waals surface area contributed by atoms with Gasteiger partial charge >= 0.3 is 0 Å². The van der Waals surface area contributed by atoms with Crippen LogP contribution in [0.4, 0.5) is 5.69 Å². The van der Waals surface area contributed by atoms with E-state index >= 15 is 0 Å². The van der Waals surface area contributed by atoms with Gasteiger partial charge in [-0.05, 0) is 25.0 Å². The summed E-state index contributed by atoms with van der Waals surface area (Å²) in [7, 11) is 0. The standard InChI is InChI=1S/C15H22N2O/c1-2-4-14(5-3-1)16-8-6-15(7-9-16)17-10-12-18-13-11-17/h1-5,15H,6-13H2. The lowest BCUT2D eigenvalue weighted by Gasteiger charge is -2.40. The van der Waals surface area contributed by atoms with Gasteiger partial charge in [0.2, 0.25) is 0 Å². The summed E-state index contributed by atoms with van der Waals surface area (Å²) < 4.78 is 5.43. The maximum absolute atomic E-state index is 5.43. The molecule has 1 aromatic carbocycles. The van der Waals surface area contributed by atoms with E-state index in [9.17, 15) is 0 Å². The third-order valence-electron chi connectivity index (χ3n) is 4.15. The molecule has 3 heteroatoms. The Morgan fingerprint density at radius 1 is 0.889 bits per heavy atom. The first-order chi connectivity index (χ1) is 8.93. The van der Waals surface area contributed by atoms with Gasteiger partial charge in [-0.25, -0.2) is 0 Å². The topological polar surface area (TPSA) is 15.7 Å². The SMILES string of the molecule is c1ccc(N2CCC(N3CCOCC3)CC2)cc1. The van der Waals surface area contributed by atoms with Crippen molar-refractivity contribution in [2.75, 3.05) is 44.3 Å². The minimum Gasteiger partial charge on any atom is -0.379 e. The molecule has 0 N–H and O–H groups in total. The molecule has 2 aliphatic rings. The van der Waals surface area contributed by atoms with Gasteiger partial charge in [0, 0.05) is 37.9 Å². The first kappa shape index (κ1) is 12.0.